The number of ketones is 1. The standard InChI is InChI=1S/C14H8F3NO2S/c15-14(16,17)8-1-2-9-10(5-8)18-13(20)11(9)12(19)7-3-4-21-6-7/h1-6,11H,(H,18,20). The van der Waals surface area contributed by atoms with Crippen LogP contribution < -0.4 is 5.32 Å². The predicted octanol–water partition coefficient (Wildman–Crippen LogP) is 3.69. The molecule has 0 aliphatic carbocycles. The molecule has 1 aromatic carbocycles. The van der Waals surface area contributed by atoms with E-state index in [0.29, 0.717) is 5.56 Å². The lowest BCUT2D eigenvalue weighted by molar-refractivity contribution is -0.137. The molecule has 3 nitrogen and oxygen atoms in total. The lowest BCUT2D eigenvalue weighted by Gasteiger charge is -2.09. The zero-order chi connectivity index (χ0) is 15.2. The van der Waals surface area contributed by atoms with Gasteiger partial charge in [-0.05, 0) is 29.1 Å². The van der Waals surface area contributed by atoms with Gasteiger partial charge in [0.15, 0.2) is 5.78 Å². The van der Waals surface area contributed by atoms with E-state index < -0.39 is 29.3 Å². The summed E-state index contributed by atoms with van der Waals surface area (Å²) in [7, 11) is 0. The van der Waals surface area contributed by atoms with E-state index in [9.17, 15) is 22.8 Å². The number of fused-ring (bicyclic) bond motifs is 1. The van der Waals surface area contributed by atoms with E-state index in [1.807, 2.05) is 0 Å². The van der Waals surface area contributed by atoms with E-state index >= 15 is 0 Å². The Bertz CT molecular complexity index is 722. The van der Waals surface area contributed by atoms with Crippen molar-refractivity contribution in [1.82, 2.24) is 0 Å². The second-order valence-corrected chi connectivity index (χ2v) is 5.38. The number of carbonyl (C=O) groups excluding carboxylic acids is 2. The van der Waals surface area contributed by atoms with Gasteiger partial charge in [-0.3, -0.25) is 9.59 Å². The second-order valence-electron chi connectivity index (χ2n) is 4.60. The molecule has 1 atom stereocenters. The second kappa shape index (κ2) is 4.70. The van der Waals surface area contributed by atoms with Crippen LogP contribution in [0.3, 0.4) is 0 Å². The minimum atomic E-state index is -4.49. The van der Waals surface area contributed by atoms with Crippen LogP contribution in [0.5, 0.6) is 0 Å². The summed E-state index contributed by atoms with van der Waals surface area (Å²) in [5, 5.41) is 5.66. The number of thiophene rings is 1. The van der Waals surface area contributed by atoms with Crippen LogP contribution in [0, 0.1) is 0 Å². The van der Waals surface area contributed by atoms with E-state index in [4.69, 9.17) is 0 Å². The quantitative estimate of drug-likeness (QED) is 0.679. The molecular formula is C14H8F3NO2S. The molecule has 1 N–H and O–H groups in total. The van der Waals surface area contributed by atoms with Crippen molar-refractivity contribution in [3.8, 4) is 0 Å². The van der Waals surface area contributed by atoms with Crippen molar-refractivity contribution < 1.29 is 22.8 Å². The molecule has 1 unspecified atom stereocenters. The number of anilines is 1. The highest BCUT2D eigenvalue weighted by Gasteiger charge is 2.39. The van der Waals surface area contributed by atoms with E-state index in [1.54, 1.807) is 16.8 Å². The lowest BCUT2D eigenvalue weighted by Crippen LogP contribution is -2.20. The van der Waals surface area contributed by atoms with Crippen molar-refractivity contribution in [3.63, 3.8) is 0 Å². The van der Waals surface area contributed by atoms with Crippen LogP contribution in [0.2, 0.25) is 0 Å². The number of hydrogen-bond acceptors (Lipinski definition) is 3. The maximum atomic E-state index is 12.7. The van der Waals surface area contributed by atoms with Crippen LogP contribution in [-0.2, 0) is 11.0 Å². The van der Waals surface area contributed by atoms with Crippen LogP contribution in [0.4, 0.5) is 18.9 Å². The maximum absolute atomic E-state index is 12.7. The first kappa shape index (κ1) is 13.8. The number of benzene rings is 1. The van der Waals surface area contributed by atoms with Crippen molar-refractivity contribution in [2.24, 2.45) is 0 Å². The average Bonchev–Trinajstić information content (AvgIpc) is 3.02. The molecule has 0 saturated carbocycles. The Morgan fingerprint density at radius 3 is 2.62 bits per heavy atom. The van der Waals surface area contributed by atoms with Gasteiger partial charge in [-0.1, -0.05) is 6.07 Å². The van der Waals surface area contributed by atoms with Gasteiger partial charge in [0.1, 0.15) is 5.92 Å². The highest BCUT2D eigenvalue weighted by atomic mass is 32.1. The van der Waals surface area contributed by atoms with Crippen molar-refractivity contribution in [2.75, 3.05) is 5.32 Å². The van der Waals surface area contributed by atoms with Crippen molar-refractivity contribution in [2.45, 2.75) is 12.1 Å². The Labute approximate surface area is 121 Å². The summed E-state index contributed by atoms with van der Waals surface area (Å²) in [5.74, 6) is -2.09. The molecule has 2 aromatic rings. The van der Waals surface area contributed by atoms with Gasteiger partial charge in [-0.25, -0.2) is 0 Å². The van der Waals surface area contributed by atoms with Gasteiger partial charge in [-0.15, -0.1) is 0 Å². The number of hydrogen-bond donors (Lipinski definition) is 1. The fraction of sp³-hybridized carbons (Fsp3) is 0.143. The molecule has 2 heterocycles. The summed E-state index contributed by atoms with van der Waals surface area (Å²) in [4.78, 5) is 24.2. The number of amides is 1. The molecule has 0 bridgehead atoms. The minimum Gasteiger partial charge on any atom is -0.325 e. The number of carbonyl (C=O) groups is 2. The smallest absolute Gasteiger partial charge is 0.325 e. The zero-order valence-electron chi connectivity index (χ0n) is 10.4. The first-order valence-corrected chi connectivity index (χ1v) is 6.90. The molecule has 0 fully saturated rings. The third kappa shape index (κ3) is 2.33. The Morgan fingerprint density at radius 2 is 2.00 bits per heavy atom. The normalized spacial score (nSPS) is 17.5. The third-order valence-corrected chi connectivity index (χ3v) is 3.96. The van der Waals surface area contributed by atoms with Gasteiger partial charge < -0.3 is 5.32 Å². The summed E-state index contributed by atoms with van der Waals surface area (Å²) in [6.07, 6.45) is -4.49. The zero-order valence-corrected chi connectivity index (χ0v) is 11.2. The van der Waals surface area contributed by atoms with Gasteiger partial charge in [-0.2, -0.15) is 24.5 Å². The van der Waals surface area contributed by atoms with E-state index in [-0.39, 0.29) is 11.3 Å². The minimum absolute atomic E-state index is 0.0448. The molecule has 3 rings (SSSR count). The van der Waals surface area contributed by atoms with Crippen LogP contribution in [0.1, 0.15) is 27.4 Å². The Hall–Kier alpha value is -2.15. The Kier molecular flexibility index (Phi) is 3.09. The molecule has 1 aliphatic rings. The van der Waals surface area contributed by atoms with E-state index in [1.165, 1.54) is 17.4 Å². The van der Waals surface area contributed by atoms with Crippen LogP contribution >= 0.6 is 11.3 Å². The van der Waals surface area contributed by atoms with Gasteiger partial charge in [0.05, 0.1) is 5.56 Å². The topological polar surface area (TPSA) is 46.2 Å². The summed E-state index contributed by atoms with van der Waals surface area (Å²) < 4.78 is 38.0. The summed E-state index contributed by atoms with van der Waals surface area (Å²) in [6.45, 7) is 0. The number of nitrogens with one attached hydrogen (secondary N) is 1. The highest BCUT2D eigenvalue weighted by Crippen LogP contribution is 2.39. The van der Waals surface area contributed by atoms with Crippen LogP contribution in [0.25, 0.3) is 0 Å². The molecule has 7 heteroatoms. The van der Waals surface area contributed by atoms with Crippen molar-refractivity contribution in [1.29, 1.82) is 0 Å². The molecule has 1 amide bonds. The molecule has 21 heavy (non-hydrogen) atoms. The summed E-state index contributed by atoms with van der Waals surface area (Å²) in [5.41, 5.74) is -0.148. The predicted molar refractivity (Wildman–Crippen MR) is 71.5 cm³/mol. The SMILES string of the molecule is O=C1Nc2cc(C(F)(F)F)ccc2C1C(=O)c1ccsc1. The van der Waals surface area contributed by atoms with Crippen LogP contribution in [-0.4, -0.2) is 11.7 Å². The van der Waals surface area contributed by atoms with Crippen molar-refractivity contribution in [3.05, 3.63) is 51.7 Å². The average molecular weight is 311 g/mol. The Morgan fingerprint density at radius 1 is 1.24 bits per heavy atom. The molecule has 108 valence electrons. The molecule has 1 aromatic heterocycles. The fourth-order valence-electron chi connectivity index (χ4n) is 2.27. The van der Waals surface area contributed by atoms with Crippen LogP contribution in [0.15, 0.2) is 35.0 Å². The molecule has 0 radical (unpaired) electrons. The first-order valence-electron chi connectivity index (χ1n) is 5.96. The molecule has 0 spiro atoms. The summed E-state index contributed by atoms with van der Waals surface area (Å²) in [6, 6.07) is 4.51. The van der Waals surface area contributed by atoms with Gasteiger partial charge in [0, 0.05) is 16.6 Å². The molecule has 0 saturated heterocycles. The fourth-order valence-corrected chi connectivity index (χ4v) is 2.92. The van der Waals surface area contributed by atoms with E-state index in [0.717, 1.165) is 12.1 Å². The number of Topliss-reactive ketones (excluding diaryl/α,β-unsaturated/α-hetero) is 1. The molecule has 1 aliphatic heterocycles. The molecular weight excluding hydrogens is 303 g/mol. The first-order chi connectivity index (χ1) is 9.88. The number of alkyl halides is 3. The lowest BCUT2D eigenvalue weighted by atomic mass is 9.92. The summed E-state index contributed by atoms with van der Waals surface area (Å²) >= 11 is 1.31. The largest absolute Gasteiger partial charge is 0.416 e. The number of rotatable bonds is 2. The van der Waals surface area contributed by atoms with Gasteiger partial charge in [0.25, 0.3) is 0 Å². The Balaban J connectivity index is 2.01. The maximum Gasteiger partial charge on any atom is 0.416 e. The third-order valence-electron chi connectivity index (χ3n) is 3.28. The highest BCUT2D eigenvalue weighted by molar-refractivity contribution is 7.08. The van der Waals surface area contributed by atoms with E-state index in [2.05, 4.69) is 5.32 Å². The number of halogens is 3. The van der Waals surface area contributed by atoms with Gasteiger partial charge in [0.2, 0.25) is 5.91 Å². The van der Waals surface area contributed by atoms with Gasteiger partial charge >= 0.3 is 6.18 Å². The monoisotopic (exact) mass is 311 g/mol. The van der Waals surface area contributed by atoms with Crippen molar-refractivity contribution >= 4 is 28.7 Å².